The van der Waals surface area contributed by atoms with Gasteiger partial charge in [-0.1, -0.05) is 17.4 Å². The van der Waals surface area contributed by atoms with Crippen LogP contribution in [0.2, 0.25) is 0 Å². The van der Waals surface area contributed by atoms with Crippen molar-refractivity contribution in [1.29, 1.82) is 0 Å². The average Bonchev–Trinajstić information content (AvgIpc) is 3.00. The van der Waals surface area contributed by atoms with E-state index in [2.05, 4.69) is 31.9 Å². The lowest BCUT2D eigenvalue weighted by Crippen LogP contribution is -1.88. The first kappa shape index (κ1) is 10.8. The molecule has 17 heavy (non-hydrogen) atoms. The Bertz CT molecular complexity index is 611. The van der Waals surface area contributed by atoms with E-state index < -0.39 is 0 Å². The topological polar surface area (TPSA) is 50.7 Å². The summed E-state index contributed by atoms with van der Waals surface area (Å²) < 4.78 is 0. The molecule has 0 atom stereocenters. The van der Waals surface area contributed by atoms with Crippen molar-refractivity contribution in [3.05, 3.63) is 27.9 Å². The van der Waals surface area contributed by atoms with Crippen LogP contribution in [0.5, 0.6) is 0 Å². The van der Waals surface area contributed by atoms with Crippen LogP contribution in [0.1, 0.15) is 5.01 Å². The predicted molar refractivity (Wildman–Crippen MR) is 73.4 cm³/mol. The van der Waals surface area contributed by atoms with Gasteiger partial charge < -0.3 is 5.32 Å². The van der Waals surface area contributed by atoms with Gasteiger partial charge in [-0.15, -0.1) is 32.9 Å². The minimum Gasteiger partial charge on any atom is -0.306 e. The van der Waals surface area contributed by atoms with Crippen LogP contribution in [-0.4, -0.2) is 15.2 Å². The molecule has 0 radical (unpaired) electrons. The van der Waals surface area contributed by atoms with Crippen LogP contribution in [0.25, 0.3) is 10.6 Å². The highest BCUT2D eigenvalue weighted by Gasteiger charge is 2.07. The molecule has 3 aromatic rings. The predicted octanol–water partition coefficient (Wildman–Crippen LogP) is 3.78. The van der Waals surface area contributed by atoms with Crippen molar-refractivity contribution < 1.29 is 0 Å². The highest BCUT2D eigenvalue weighted by Crippen LogP contribution is 2.30. The summed E-state index contributed by atoms with van der Waals surface area (Å²) in [6.07, 6.45) is 0. The molecule has 3 heterocycles. The zero-order chi connectivity index (χ0) is 11.7. The third kappa shape index (κ3) is 2.36. The van der Waals surface area contributed by atoms with E-state index in [-0.39, 0.29) is 0 Å². The minimum atomic E-state index is 0.787. The van der Waals surface area contributed by atoms with Crippen LogP contribution in [0.4, 0.5) is 10.3 Å². The second-order valence-electron chi connectivity index (χ2n) is 3.27. The number of hydrogen-bond acceptors (Lipinski definition) is 7. The van der Waals surface area contributed by atoms with Gasteiger partial charge in [-0.05, 0) is 18.4 Å². The number of rotatable bonds is 3. The van der Waals surface area contributed by atoms with E-state index in [4.69, 9.17) is 0 Å². The van der Waals surface area contributed by atoms with Gasteiger partial charge in [-0.2, -0.15) is 0 Å². The lowest BCUT2D eigenvalue weighted by molar-refractivity contribution is 1.05. The number of aryl methyl sites for hydroxylation is 1. The molecule has 0 aliphatic heterocycles. The minimum absolute atomic E-state index is 0.787. The third-order valence-corrected chi connectivity index (χ3v) is 4.42. The number of nitrogens with zero attached hydrogens (tertiary/aromatic N) is 3. The van der Waals surface area contributed by atoms with Crippen LogP contribution in [-0.2, 0) is 0 Å². The monoisotopic (exact) mass is 280 g/mol. The molecule has 0 aromatic carbocycles. The molecule has 0 saturated carbocycles. The first-order valence-corrected chi connectivity index (χ1v) is 7.45. The Labute approximate surface area is 110 Å². The summed E-state index contributed by atoms with van der Waals surface area (Å²) in [5.41, 5.74) is 1.01. The smallest absolute Gasteiger partial charge is 0.211 e. The molecule has 0 aliphatic carbocycles. The molecule has 3 aromatic heterocycles. The van der Waals surface area contributed by atoms with E-state index in [1.807, 2.05) is 18.4 Å². The van der Waals surface area contributed by atoms with E-state index >= 15 is 0 Å². The van der Waals surface area contributed by atoms with Crippen molar-refractivity contribution in [3.8, 4) is 10.6 Å². The largest absolute Gasteiger partial charge is 0.306 e. The lowest BCUT2D eigenvalue weighted by atomic mass is 10.4. The van der Waals surface area contributed by atoms with Gasteiger partial charge >= 0.3 is 0 Å². The molecule has 1 N–H and O–H groups in total. The Hall–Kier alpha value is -1.31. The van der Waals surface area contributed by atoms with Crippen molar-refractivity contribution in [1.82, 2.24) is 15.2 Å². The summed E-state index contributed by atoms with van der Waals surface area (Å²) in [6, 6.07) is 4.10. The van der Waals surface area contributed by atoms with Gasteiger partial charge in [0, 0.05) is 5.38 Å². The summed E-state index contributed by atoms with van der Waals surface area (Å²) >= 11 is 4.79. The molecule has 0 spiro atoms. The van der Waals surface area contributed by atoms with E-state index in [0.29, 0.717) is 0 Å². The van der Waals surface area contributed by atoms with Crippen molar-refractivity contribution in [2.45, 2.75) is 6.92 Å². The Morgan fingerprint density at radius 3 is 2.82 bits per heavy atom. The van der Waals surface area contributed by atoms with Crippen LogP contribution < -0.4 is 5.32 Å². The zero-order valence-electron chi connectivity index (χ0n) is 8.88. The van der Waals surface area contributed by atoms with Crippen molar-refractivity contribution in [3.63, 3.8) is 0 Å². The summed E-state index contributed by atoms with van der Waals surface area (Å²) in [4.78, 5) is 5.70. The third-order valence-electron chi connectivity index (χ3n) is 2.02. The van der Waals surface area contributed by atoms with E-state index in [1.54, 1.807) is 22.7 Å². The first-order valence-electron chi connectivity index (χ1n) is 4.88. The molecule has 0 fully saturated rings. The Morgan fingerprint density at radius 1 is 1.18 bits per heavy atom. The summed E-state index contributed by atoms with van der Waals surface area (Å²) in [5.74, 6) is 0. The van der Waals surface area contributed by atoms with Crippen molar-refractivity contribution in [2.24, 2.45) is 0 Å². The van der Waals surface area contributed by atoms with Gasteiger partial charge in [0.2, 0.25) is 5.13 Å². The fraction of sp³-hybridized carbons (Fsp3) is 0.100. The second-order valence-corrected chi connectivity index (χ2v) is 6.25. The standard InChI is InChI=1S/C10H8N4S3/c1-6-13-14-10(17-6)12-9-11-7(5-16-9)8-3-2-4-15-8/h2-5H,1H3,(H,11,12,14). The quantitative estimate of drug-likeness (QED) is 0.793. The lowest BCUT2D eigenvalue weighted by Gasteiger charge is -1.93. The van der Waals surface area contributed by atoms with Gasteiger partial charge in [0.1, 0.15) is 5.01 Å². The fourth-order valence-electron chi connectivity index (χ4n) is 1.31. The van der Waals surface area contributed by atoms with Gasteiger partial charge in [0.05, 0.1) is 10.6 Å². The number of thiophene rings is 1. The maximum atomic E-state index is 4.51. The molecule has 0 amide bonds. The molecule has 86 valence electrons. The van der Waals surface area contributed by atoms with Gasteiger partial charge in [0.15, 0.2) is 5.13 Å². The van der Waals surface area contributed by atoms with E-state index in [1.165, 1.54) is 16.2 Å². The molecule has 3 rings (SSSR count). The summed E-state index contributed by atoms with van der Waals surface area (Å²) in [6.45, 7) is 1.93. The molecule has 0 aliphatic rings. The number of anilines is 2. The SMILES string of the molecule is Cc1nnc(Nc2nc(-c3cccs3)cs2)s1. The molecule has 0 bridgehead atoms. The normalized spacial score (nSPS) is 10.6. The summed E-state index contributed by atoms with van der Waals surface area (Å²) in [5, 5.41) is 17.8. The molecular weight excluding hydrogens is 272 g/mol. The van der Waals surface area contributed by atoms with Crippen molar-refractivity contribution >= 4 is 44.3 Å². The summed E-state index contributed by atoms with van der Waals surface area (Å²) in [7, 11) is 0. The second kappa shape index (κ2) is 4.52. The van der Waals surface area contributed by atoms with Crippen LogP contribution in [0.3, 0.4) is 0 Å². The van der Waals surface area contributed by atoms with E-state index in [9.17, 15) is 0 Å². The highest BCUT2D eigenvalue weighted by atomic mass is 32.1. The first-order chi connectivity index (χ1) is 8.31. The van der Waals surface area contributed by atoms with Crippen molar-refractivity contribution in [2.75, 3.05) is 5.32 Å². The maximum absolute atomic E-state index is 4.51. The van der Waals surface area contributed by atoms with Gasteiger partial charge in [0.25, 0.3) is 0 Å². The number of thiazole rings is 1. The van der Waals surface area contributed by atoms with Crippen LogP contribution in [0.15, 0.2) is 22.9 Å². The molecule has 4 nitrogen and oxygen atoms in total. The number of hydrogen-bond donors (Lipinski definition) is 1. The Morgan fingerprint density at radius 2 is 2.12 bits per heavy atom. The maximum Gasteiger partial charge on any atom is 0.211 e. The molecular formula is C10H8N4S3. The zero-order valence-corrected chi connectivity index (χ0v) is 11.3. The number of aromatic nitrogens is 3. The highest BCUT2D eigenvalue weighted by molar-refractivity contribution is 7.17. The van der Waals surface area contributed by atoms with Crippen LogP contribution in [0, 0.1) is 6.92 Å². The number of nitrogens with one attached hydrogen (secondary N) is 1. The van der Waals surface area contributed by atoms with Gasteiger partial charge in [-0.3, -0.25) is 0 Å². The Balaban J connectivity index is 1.81. The Kier molecular flexibility index (Phi) is 2.87. The van der Waals surface area contributed by atoms with Crippen LogP contribution >= 0.6 is 34.0 Å². The van der Waals surface area contributed by atoms with Gasteiger partial charge in [-0.25, -0.2) is 4.98 Å². The molecule has 0 saturated heterocycles. The molecule has 0 unspecified atom stereocenters. The molecule has 7 heteroatoms. The van der Waals surface area contributed by atoms with E-state index in [0.717, 1.165) is 21.0 Å². The fourth-order valence-corrected chi connectivity index (χ4v) is 3.43. The average molecular weight is 280 g/mol.